The van der Waals surface area contributed by atoms with Crippen LogP contribution in [0.3, 0.4) is 0 Å². The van der Waals surface area contributed by atoms with Crippen molar-refractivity contribution in [3.05, 3.63) is 89.0 Å². The Kier molecular flexibility index (Phi) is 9.84. The maximum atomic E-state index is 10.1. The summed E-state index contributed by atoms with van der Waals surface area (Å²) in [4.78, 5) is 9.62. The molecule has 0 atom stereocenters. The van der Waals surface area contributed by atoms with Crippen LogP contribution in [0.25, 0.3) is 0 Å². The summed E-state index contributed by atoms with van der Waals surface area (Å²) >= 11 is 0. The van der Waals surface area contributed by atoms with Gasteiger partial charge < -0.3 is 41.2 Å². The van der Waals surface area contributed by atoms with Gasteiger partial charge in [-0.05, 0) is 12.1 Å². The minimum absolute atomic E-state index is 0. The van der Waals surface area contributed by atoms with Crippen molar-refractivity contribution in [2.75, 3.05) is 5.73 Å². The van der Waals surface area contributed by atoms with E-state index in [-0.39, 0.29) is 22.8 Å². The summed E-state index contributed by atoms with van der Waals surface area (Å²) in [5, 5.41) is 18.5. The van der Waals surface area contributed by atoms with Gasteiger partial charge in [0.05, 0.1) is 4.92 Å². The number of non-ortho nitro benzene ring substituents is 1. The molecule has 6 heteroatoms. The Bertz CT molecular complexity index is 588. The Morgan fingerprint density at radius 3 is 1.68 bits per heavy atom. The first-order valence-electron chi connectivity index (χ1n) is 6.17. The molecule has 3 N–H and O–H groups in total. The summed E-state index contributed by atoms with van der Waals surface area (Å²) in [6.07, 6.45) is 0. The van der Waals surface area contributed by atoms with E-state index in [1.807, 2.05) is 30.3 Å². The van der Waals surface area contributed by atoms with E-state index in [4.69, 9.17) is 10.8 Å². The molecule has 0 fully saturated rings. The average molecular weight is 340 g/mol. The predicted octanol–water partition coefficient (Wildman–Crippen LogP) is 3.69. The monoisotopic (exact) mass is 340 g/mol. The molecule has 0 aliphatic carbocycles. The first-order valence-corrected chi connectivity index (χ1v) is 6.17. The van der Waals surface area contributed by atoms with Gasteiger partial charge in [0.2, 0.25) is 0 Å². The molecule has 0 aromatic heterocycles. The molecule has 3 aromatic carbocycles. The molecule has 3 aromatic rings. The topological polar surface area (TPSA) is 89.4 Å². The van der Waals surface area contributed by atoms with Crippen molar-refractivity contribution in [1.82, 2.24) is 0 Å². The zero-order chi connectivity index (χ0) is 15.5. The van der Waals surface area contributed by atoms with Crippen LogP contribution in [0.4, 0.5) is 11.4 Å². The van der Waals surface area contributed by atoms with Crippen LogP contribution in [0.2, 0.25) is 0 Å². The summed E-state index contributed by atoms with van der Waals surface area (Å²) in [6.45, 7) is 0. The number of aromatic hydroxyl groups is 1. The zero-order valence-electron chi connectivity index (χ0n) is 11.6. The van der Waals surface area contributed by atoms with Gasteiger partial charge in [0.15, 0.2) is 0 Å². The van der Waals surface area contributed by atoms with E-state index >= 15 is 0 Å². The van der Waals surface area contributed by atoms with Crippen molar-refractivity contribution in [3.8, 4) is 5.75 Å². The van der Waals surface area contributed by atoms with E-state index < -0.39 is 4.92 Å². The number of nitro benzene ring substituents is 1. The second kappa shape index (κ2) is 11.1. The van der Waals surface area contributed by atoms with Gasteiger partial charge in [-0.1, -0.05) is 0 Å². The molecule has 5 nitrogen and oxygen atoms in total. The van der Waals surface area contributed by atoms with Crippen molar-refractivity contribution in [1.29, 1.82) is 0 Å². The number of nitrogens with zero attached hydrogens (tertiary/aromatic N) is 1. The van der Waals surface area contributed by atoms with Crippen molar-refractivity contribution in [2.24, 2.45) is 0 Å². The first kappa shape index (κ1) is 19.4. The number of nitrogens with two attached hydrogens (primary N) is 1. The van der Waals surface area contributed by atoms with Gasteiger partial charge in [-0.2, -0.15) is 0 Å². The van der Waals surface area contributed by atoms with Crippen LogP contribution < -0.4 is 5.73 Å². The normalized spacial score (nSPS) is 8.36. The summed E-state index contributed by atoms with van der Waals surface area (Å²) in [6, 6.07) is 22.6. The molecule has 0 saturated heterocycles. The zero-order valence-corrected chi connectivity index (χ0v) is 12.8. The van der Waals surface area contributed by atoms with E-state index in [1.54, 1.807) is 24.3 Å². The van der Waals surface area contributed by atoms with Crippen molar-refractivity contribution in [2.45, 2.75) is 0 Å². The number of hydrogen-bond acceptors (Lipinski definition) is 4. The third kappa shape index (κ3) is 8.58. The van der Waals surface area contributed by atoms with Crippen LogP contribution in [0.5, 0.6) is 5.75 Å². The smallest absolute Gasteiger partial charge is 0.269 e. The van der Waals surface area contributed by atoms with Gasteiger partial charge >= 0.3 is 0 Å². The third-order valence-corrected chi connectivity index (χ3v) is 2.30. The molecule has 122 valence electrons. The molecule has 0 unspecified atom stereocenters. The summed E-state index contributed by atoms with van der Waals surface area (Å²) in [5.41, 5.74) is 5.90. The molecular weight excluding hydrogens is 324 g/mol. The molecule has 0 spiro atoms. The quantitative estimate of drug-likeness (QED) is 0.232. The van der Waals surface area contributed by atoms with E-state index in [2.05, 4.69) is 0 Å². The van der Waals surface area contributed by atoms with E-state index in [9.17, 15) is 10.1 Å². The van der Waals surface area contributed by atoms with Gasteiger partial charge in [-0.3, -0.25) is 10.1 Å². The Morgan fingerprint density at radius 1 is 1.00 bits per heavy atom. The fraction of sp³-hybridized carbons (Fsp3) is 0. The van der Waals surface area contributed by atoms with Gasteiger partial charge in [-0.15, -0.1) is 12.1 Å². The molecule has 0 bridgehead atoms. The second-order valence-corrected chi connectivity index (χ2v) is 3.95. The van der Waals surface area contributed by atoms with Crippen LogP contribution in [0.1, 0.15) is 0 Å². The Morgan fingerprint density at radius 2 is 1.41 bits per heavy atom. The Labute approximate surface area is 139 Å². The molecule has 0 saturated carbocycles. The summed E-state index contributed by atoms with van der Waals surface area (Å²) in [5.74, 6) is 0.343. The number of rotatable bonds is 1. The van der Waals surface area contributed by atoms with Crippen LogP contribution in [-0.4, -0.2) is 10.0 Å². The predicted molar refractivity (Wildman–Crippen MR) is 83.2 cm³/mol. The molecule has 0 amide bonds. The molecule has 3 rings (SSSR count). The molecule has 0 aliphatic heterocycles. The number of nitro groups is 1. The molecule has 0 aliphatic rings. The number of nitrogen functional groups attached to an aromatic ring is 1. The first-order chi connectivity index (χ1) is 10.1. The molecule has 0 radical (unpaired) electrons. The number of anilines is 1. The maximum absolute atomic E-state index is 10.1. The average Bonchev–Trinajstić information content (AvgIpc) is 3.15. The third-order valence-electron chi connectivity index (χ3n) is 2.30. The van der Waals surface area contributed by atoms with Gasteiger partial charge in [0, 0.05) is 40.6 Å². The fourth-order valence-corrected chi connectivity index (χ4v) is 1.28. The van der Waals surface area contributed by atoms with Gasteiger partial charge in [0.25, 0.3) is 5.69 Å². The maximum Gasteiger partial charge on any atom is 0.269 e. The summed E-state index contributed by atoms with van der Waals surface area (Å²) < 4.78 is 0. The molecule has 0 heterocycles. The molecular formula is C16H16FeN2O3-6. The van der Waals surface area contributed by atoms with Crippen LogP contribution >= 0.6 is 0 Å². The van der Waals surface area contributed by atoms with Gasteiger partial charge in [0.1, 0.15) is 0 Å². The number of hydrogen-bond donors (Lipinski definition) is 2. The summed E-state index contributed by atoms with van der Waals surface area (Å²) in [7, 11) is 0. The van der Waals surface area contributed by atoms with Crippen LogP contribution in [0.15, 0.2) is 78.9 Å². The minimum atomic E-state index is -0.459. The fourth-order valence-electron chi connectivity index (χ4n) is 1.28. The minimum Gasteiger partial charge on any atom is -0.748 e. The van der Waals surface area contributed by atoms with Gasteiger partial charge in [-0.25, -0.2) is 12.1 Å². The molecule has 22 heavy (non-hydrogen) atoms. The Balaban J connectivity index is 0.000000316. The van der Waals surface area contributed by atoms with E-state index in [0.717, 1.165) is 0 Å². The van der Waals surface area contributed by atoms with Crippen molar-refractivity contribution in [3.63, 3.8) is 0 Å². The van der Waals surface area contributed by atoms with E-state index in [1.165, 1.54) is 24.3 Å². The van der Waals surface area contributed by atoms with Crippen LogP contribution in [0, 0.1) is 10.1 Å². The standard InChI is InChI=1S/C6H6N2O2.C5H5O.C5H5.Fe/c7-5-1-3-6(4-2-5)8(9)10;6-5-3-1-2-4-5;1-2-4-5-3-1;/h1-4H,7H2;1-4,6H;1-5H;/q;-1;-5;. The SMILES string of the molecule is Nc1ccc([N+](=O)[O-])cc1.O[c-]1cccc1.[Fe].[cH-]1[cH-][cH-][cH-][cH-]1. The van der Waals surface area contributed by atoms with Crippen molar-refractivity contribution < 1.29 is 27.1 Å². The Hall–Kier alpha value is -2.56. The van der Waals surface area contributed by atoms with Crippen molar-refractivity contribution >= 4 is 11.4 Å². The van der Waals surface area contributed by atoms with Crippen LogP contribution in [-0.2, 0) is 17.1 Å². The number of benzene rings is 1. The van der Waals surface area contributed by atoms with E-state index in [0.29, 0.717) is 11.4 Å². The second-order valence-electron chi connectivity index (χ2n) is 3.95. The largest absolute Gasteiger partial charge is 0.748 e.